The molecule has 2 unspecified atom stereocenters. The lowest BCUT2D eigenvalue weighted by Gasteiger charge is -2.41. The van der Waals surface area contributed by atoms with E-state index in [9.17, 15) is 32.3 Å². The number of anilines is 1. The van der Waals surface area contributed by atoms with Gasteiger partial charge in [0.1, 0.15) is 17.4 Å². The van der Waals surface area contributed by atoms with E-state index in [4.69, 9.17) is 5.10 Å². The fourth-order valence-corrected chi connectivity index (χ4v) is 8.58. The van der Waals surface area contributed by atoms with Crippen molar-refractivity contribution >= 4 is 45.3 Å². The van der Waals surface area contributed by atoms with Gasteiger partial charge in [0.15, 0.2) is 0 Å². The molecule has 56 heavy (non-hydrogen) atoms. The summed E-state index contributed by atoms with van der Waals surface area (Å²) in [5, 5.41) is 10.4. The Morgan fingerprint density at radius 3 is 2.48 bits per heavy atom. The van der Waals surface area contributed by atoms with Crippen molar-refractivity contribution in [3.8, 4) is 0 Å². The van der Waals surface area contributed by atoms with Gasteiger partial charge in [-0.05, 0) is 99.0 Å². The predicted molar refractivity (Wildman–Crippen MR) is 195 cm³/mol. The number of alkyl halides is 5. The smallest absolute Gasteiger partial charge is 0.321 e. The summed E-state index contributed by atoms with van der Waals surface area (Å²) in [4.78, 5) is 55.4. The second kappa shape index (κ2) is 14.2. The number of carbonyl (C=O) groups is 3. The molecule has 0 radical (unpaired) electrons. The number of nitrogens with zero attached hydrogens (tertiary/aromatic N) is 6. The van der Waals surface area contributed by atoms with E-state index >= 15 is 8.78 Å². The van der Waals surface area contributed by atoms with Gasteiger partial charge < -0.3 is 5.32 Å². The van der Waals surface area contributed by atoms with Gasteiger partial charge in [-0.3, -0.25) is 38.4 Å². The number of nitrogens with one attached hydrogen (secondary N) is 2. The number of hydrogen-bond donors (Lipinski definition) is 2. The average molecular weight is 779 g/mol. The number of imide groups is 1. The number of rotatable bonds is 7. The van der Waals surface area contributed by atoms with Crippen molar-refractivity contribution < 1.29 is 36.3 Å². The number of aryl methyl sites for hydroxylation is 1. The van der Waals surface area contributed by atoms with Crippen molar-refractivity contribution in [2.45, 2.75) is 75.0 Å². The quantitative estimate of drug-likeness (QED) is 0.149. The van der Waals surface area contributed by atoms with Crippen LogP contribution in [0.15, 0.2) is 65.6 Å². The summed E-state index contributed by atoms with van der Waals surface area (Å²) in [6.45, 7) is 0.684. The van der Waals surface area contributed by atoms with E-state index in [1.165, 1.54) is 15.2 Å². The number of benzene rings is 2. The van der Waals surface area contributed by atoms with E-state index in [0.29, 0.717) is 40.9 Å². The zero-order chi connectivity index (χ0) is 39.5. The first-order valence-electron chi connectivity index (χ1n) is 18.6. The summed E-state index contributed by atoms with van der Waals surface area (Å²) in [6.07, 6.45) is 1.05. The van der Waals surface area contributed by atoms with Crippen LogP contribution in [0.25, 0.3) is 21.9 Å². The molecule has 3 amide bonds. The third-order valence-electron chi connectivity index (χ3n) is 11.5. The lowest BCUT2D eigenvalue weighted by Crippen LogP contribution is -2.49. The number of amides is 3. The summed E-state index contributed by atoms with van der Waals surface area (Å²) in [6, 6.07) is 12.3. The summed E-state index contributed by atoms with van der Waals surface area (Å²) in [7, 11) is 1.55. The Hall–Kier alpha value is -5.45. The average Bonchev–Trinajstić information content (AvgIpc) is 3.69. The number of aromatic nitrogens is 5. The fourth-order valence-electron chi connectivity index (χ4n) is 8.58. The van der Waals surface area contributed by atoms with E-state index in [-0.39, 0.29) is 43.5 Å². The monoisotopic (exact) mass is 778 g/mol. The van der Waals surface area contributed by atoms with Gasteiger partial charge in [-0.2, -0.15) is 18.3 Å². The molecule has 2 N–H and O–H groups in total. The van der Waals surface area contributed by atoms with E-state index in [1.807, 2.05) is 15.8 Å². The highest BCUT2D eigenvalue weighted by molar-refractivity contribution is 6.04. The van der Waals surface area contributed by atoms with Crippen LogP contribution >= 0.6 is 0 Å². The molecule has 12 nitrogen and oxygen atoms in total. The number of piperidine rings is 2. The van der Waals surface area contributed by atoms with Gasteiger partial charge >= 0.3 is 11.9 Å². The second-order valence-electron chi connectivity index (χ2n) is 15.2. The third-order valence-corrected chi connectivity index (χ3v) is 11.5. The molecule has 1 saturated carbocycles. The van der Waals surface area contributed by atoms with Crippen LogP contribution in [-0.2, 0) is 22.8 Å². The highest BCUT2D eigenvalue weighted by Crippen LogP contribution is 2.42. The Labute approximate surface area is 316 Å². The summed E-state index contributed by atoms with van der Waals surface area (Å²) >= 11 is 0. The molecule has 1 aliphatic carbocycles. The highest BCUT2D eigenvalue weighted by Gasteiger charge is 2.46. The van der Waals surface area contributed by atoms with Gasteiger partial charge in [-0.15, -0.1) is 0 Å². The molecule has 0 bridgehead atoms. The topological polar surface area (TPSA) is 136 Å². The maximum atomic E-state index is 15.9. The van der Waals surface area contributed by atoms with Crippen LogP contribution in [0.2, 0.25) is 0 Å². The Morgan fingerprint density at radius 1 is 0.964 bits per heavy atom. The molecule has 3 aliphatic rings. The normalized spacial score (nSPS) is 23.4. The maximum absolute atomic E-state index is 15.9. The zero-order valence-electron chi connectivity index (χ0n) is 30.4. The van der Waals surface area contributed by atoms with E-state index in [0.717, 1.165) is 43.2 Å². The highest BCUT2D eigenvalue weighted by atomic mass is 19.4. The number of imidazole rings is 1. The fraction of sp³-hybridized carbons (Fsp3) is 0.436. The molecule has 2 saturated heterocycles. The summed E-state index contributed by atoms with van der Waals surface area (Å²) in [5.41, 5.74) is 0.482. The maximum Gasteiger partial charge on any atom is 0.433 e. The molecule has 3 aromatic heterocycles. The SMILES string of the molecule is Cn1c(=O)n(C2CCC(=O)NC2=O)c2ccc(C3CCN(CC4CCC(n5cc6cc(NC(=O)c7cccc(C(F)(F)F)n7)ccc6n5)CC4)CC3(F)F)cc21. The Kier molecular flexibility index (Phi) is 9.53. The zero-order valence-corrected chi connectivity index (χ0v) is 30.4. The largest absolute Gasteiger partial charge is 0.433 e. The lowest BCUT2D eigenvalue weighted by atomic mass is 9.83. The van der Waals surface area contributed by atoms with Crippen LogP contribution in [0, 0.1) is 5.92 Å². The van der Waals surface area contributed by atoms with Crippen molar-refractivity contribution in [1.82, 2.24) is 34.1 Å². The number of likely N-dealkylation sites (tertiary alicyclic amines) is 1. The third kappa shape index (κ3) is 7.19. The number of fused-ring (bicyclic) bond motifs is 2. The van der Waals surface area contributed by atoms with Crippen LogP contribution in [-0.4, -0.2) is 72.1 Å². The molecule has 5 aromatic rings. The van der Waals surface area contributed by atoms with Crippen LogP contribution in [0.4, 0.5) is 27.6 Å². The molecular weight excluding hydrogens is 739 g/mol. The van der Waals surface area contributed by atoms with Gasteiger partial charge in [0, 0.05) is 37.3 Å². The first kappa shape index (κ1) is 37.5. The van der Waals surface area contributed by atoms with E-state index in [2.05, 4.69) is 15.6 Å². The van der Waals surface area contributed by atoms with Crippen LogP contribution < -0.4 is 16.3 Å². The van der Waals surface area contributed by atoms with Crippen LogP contribution in [0.5, 0.6) is 0 Å². The minimum atomic E-state index is -4.67. The number of halogens is 5. The Balaban J connectivity index is 0.870. The Morgan fingerprint density at radius 2 is 1.75 bits per heavy atom. The first-order valence-corrected chi connectivity index (χ1v) is 18.6. The minimum absolute atomic E-state index is 0.105. The second-order valence-corrected chi connectivity index (χ2v) is 15.2. The molecule has 17 heteroatoms. The van der Waals surface area contributed by atoms with Crippen LogP contribution in [0.1, 0.15) is 84.7 Å². The van der Waals surface area contributed by atoms with Crippen molar-refractivity contribution in [2.24, 2.45) is 13.0 Å². The predicted octanol–water partition coefficient (Wildman–Crippen LogP) is 6.19. The standard InChI is InChI=1S/C39H39F5N8O4/c1-49-32-18-23(7-12-30(32)52(37(49)56)31-13-14-34(53)47-36(31)55)27-15-16-50(21-38(27,40)41)19-22-5-9-26(10-6-22)51-20-24-17-25(8-11-28(24)48-51)45-35(54)29-3-2-4-33(46-29)39(42,43)44/h2-4,7-8,11-12,17-18,20,22,26-27,31H,5-6,9-10,13-16,19,21H2,1H3,(H,45,54)(H,47,53,55). The molecule has 2 aromatic carbocycles. The Bertz CT molecular complexity index is 2410. The van der Waals surface area contributed by atoms with Gasteiger partial charge in [0.05, 0.1) is 35.1 Å². The number of hydrogen-bond acceptors (Lipinski definition) is 7. The van der Waals surface area contributed by atoms with Gasteiger partial charge in [-0.25, -0.2) is 18.6 Å². The molecular formula is C39H39F5N8O4. The molecule has 2 aliphatic heterocycles. The molecule has 8 rings (SSSR count). The van der Waals surface area contributed by atoms with E-state index < -0.39 is 53.2 Å². The van der Waals surface area contributed by atoms with Crippen molar-refractivity contribution in [1.29, 1.82) is 0 Å². The summed E-state index contributed by atoms with van der Waals surface area (Å²) < 4.78 is 75.5. The minimum Gasteiger partial charge on any atom is -0.321 e. The lowest BCUT2D eigenvalue weighted by molar-refractivity contribution is -0.141. The van der Waals surface area contributed by atoms with Crippen molar-refractivity contribution in [2.75, 3.05) is 25.0 Å². The van der Waals surface area contributed by atoms with Gasteiger partial charge in [-0.1, -0.05) is 12.1 Å². The van der Waals surface area contributed by atoms with Crippen LogP contribution in [0.3, 0.4) is 0 Å². The van der Waals surface area contributed by atoms with Gasteiger partial charge in [0.2, 0.25) is 11.8 Å². The van der Waals surface area contributed by atoms with E-state index in [1.54, 1.807) is 43.4 Å². The van der Waals surface area contributed by atoms with Crippen molar-refractivity contribution in [3.63, 3.8) is 0 Å². The summed E-state index contributed by atoms with van der Waals surface area (Å²) in [5.74, 6) is -5.51. The number of carbonyl (C=O) groups excluding carboxylic acids is 3. The molecule has 5 heterocycles. The first-order chi connectivity index (χ1) is 26.6. The van der Waals surface area contributed by atoms with Crippen molar-refractivity contribution in [3.05, 3.63) is 88.2 Å². The number of pyridine rings is 1. The van der Waals surface area contributed by atoms with Gasteiger partial charge in [0.25, 0.3) is 11.8 Å². The molecule has 294 valence electrons. The molecule has 0 spiro atoms. The molecule has 3 fully saturated rings. The molecule has 2 atom stereocenters.